The van der Waals surface area contributed by atoms with Crippen molar-refractivity contribution in [1.29, 1.82) is 0 Å². The van der Waals surface area contributed by atoms with E-state index in [0.717, 1.165) is 23.0 Å². The molecule has 1 aliphatic carbocycles. The maximum absolute atomic E-state index is 14.1. The summed E-state index contributed by atoms with van der Waals surface area (Å²) in [5, 5.41) is 3.36. The average molecular weight is 277 g/mol. The number of hydrogen-bond acceptors (Lipinski definition) is 1. The Kier molecular flexibility index (Phi) is 5.20. The molecule has 0 heterocycles. The number of halogens is 1. The summed E-state index contributed by atoms with van der Waals surface area (Å²) >= 11 is 0. The van der Waals surface area contributed by atoms with Crippen molar-refractivity contribution < 1.29 is 4.39 Å². The van der Waals surface area contributed by atoms with Gasteiger partial charge < -0.3 is 5.32 Å². The smallest absolute Gasteiger partial charge is 0.128 e. The van der Waals surface area contributed by atoms with Crippen molar-refractivity contribution in [1.82, 2.24) is 5.32 Å². The third kappa shape index (κ3) is 3.41. The van der Waals surface area contributed by atoms with Crippen molar-refractivity contribution in [3.63, 3.8) is 0 Å². The fraction of sp³-hybridized carbons (Fsp3) is 0.667. The zero-order chi connectivity index (χ0) is 14.7. The molecule has 2 rings (SSSR count). The first-order valence-electron chi connectivity index (χ1n) is 7.96. The van der Waals surface area contributed by atoms with Crippen LogP contribution in [0.3, 0.4) is 0 Å². The lowest BCUT2D eigenvalue weighted by molar-refractivity contribution is 0.191. The Hall–Kier alpha value is -0.890. The zero-order valence-electron chi connectivity index (χ0n) is 13.2. The van der Waals surface area contributed by atoms with Gasteiger partial charge in [-0.1, -0.05) is 31.5 Å². The maximum atomic E-state index is 14.1. The predicted octanol–water partition coefficient (Wildman–Crippen LogP) is 4.86. The van der Waals surface area contributed by atoms with E-state index in [2.05, 4.69) is 19.2 Å². The second kappa shape index (κ2) is 6.71. The molecule has 1 aliphatic rings. The van der Waals surface area contributed by atoms with Crippen LogP contribution in [-0.4, -0.2) is 7.05 Å². The third-order valence-corrected chi connectivity index (χ3v) is 5.03. The summed E-state index contributed by atoms with van der Waals surface area (Å²) in [5.41, 5.74) is 1.98. The fourth-order valence-corrected chi connectivity index (χ4v) is 3.69. The van der Waals surface area contributed by atoms with E-state index in [9.17, 15) is 4.39 Å². The van der Waals surface area contributed by atoms with E-state index in [0.29, 0.717) is 5.92 Å². The molecule has 0 aromatic heterocycles. The van der Waals surface area contributed by atoms with E-state index in [1.165, 1.54) is 25.7 Å². The van der Waals surface area contributed by atoms with Crippen LogP contribution in [-0.2, 0) is 0 Å². The molecule has 1 fully saturated rings. The Balaban J connectivity index is 2.11. The van der Waals surface area contributed by atoms with Crippen LogP contribution in [0.4, 0.5) is 4.39 Å². The largest absolute Gasteiger partial charge is 0.313 e. The Bertz CT molecular complexity index is 433. The summed E-state index contributed by atoms with van der Waals surface area (Å²) in [4.78, 5) is 0. The Labute approximate surface area is 123 Å². The molecule has 20 heavy (non-hydrogen) atoms. The molecule has 1 atom stereocenters. The Morgan fingerprint density at radius 1 is 1.10 bits per heavy atom. The lowest BCUT2D eigenvalue weighted by Gasteiger charge is -2.35. The first kappa shape index (κ1) is 15.5. The summed E-state index contributed by atoms with van der Waals surface area (Å²) in [6.07, 6.45) is 4.99. The van der Waals surface area contributed by atoms with Crippen LogP contribution >= 0.6 is 0 Å². The number of hydrogen-bond donors (Lipinski definition) is 1. The van der Waals surface area contributed by atoms with Gasteiger partial charge in [0.05, 0.1) is 0 Å². The lowest BCUT2D eigenvalue weighted by Crippen LogP contribution is -2.30. The molecule has 1 unspecified atom stereocenters. The van der Waals surface area contributed by atoms with Crippen molar-refractivity contribution in [2.24, 2.45) is 17.8 Å². The van der Waals surface area contributed by atoms with Crippen molar-refractivity contribution >= 4 is 0 Å². The quantitative estimate of drug-likeness (QED) is 0.829. The van der Waals surface area contributed by atoms with E-state index in [1.54, 1.807) is 6.07 Å². The van der Waals surface area contributed by atoms with Crippen LogP contribution in [0, 0.1) is 30.5 Å². The predicted molar refractivity (Wildman–Crippen MR) is 83.2 cm³/mol. The van der Waals surface area contributed by atoms with Crippen LogP contribution in [0.5, 0.6) is 0 Å². The number of benzene rings is 1. The summed E-state index contributed by atoms with van der Waals surface area (Å²) < 4.78 is 14.1. The van der Waals surface area contributed by atoms with Crippen molar-refractivity contribution in [3.05, 3.63) is 35.1 Å². The summed E-state index contributed by atoms with van der Waals surface area (Å²) in [5.74, 6) is 2.12. The highest BCUT2D eigenvalue weighted by Gasteiger charge is 2.30. The van der Waals surface area contributed by atoms with Gasteiger partial charge in [-0.15, -0.1) is 0 Å². The van der Waals surface area contributed by atoms with Crippen molar-refractivity contribution in [2.75, 3.05) is 7.05 Å². The van der Waals surface area contributed by atoms with E-state index >= 15 is 0 Å². The maximum Gasteiger partial charge on any atom is 0.128 e. The van der Waals surface area contributed by atoms with Crippen LogP contribution in [0.1, 0.15) is 56.7 Å². The molecule has 2 heteroatoms. The molecule has 0 bridgehead atoms. The second-order valence-corrected chi connectivity index (χ2v) is 6.71. The first-order chi connectivity index (χ1) is 9.52. The van der Waals surface area contributed by atoms with E-state index in [-0.39, 0.29) is 11.9 Å². The number of nitrogens with one attached hydrogen (secondary N) is 1. The fourth-order valence-electron chi connectivity index (χ4n) is 3.69. The van der Waals surface area contributed by atoms with Gasteiger partial charge in [0.25, 0.3) is 0 Å². The van der Waals surface area contributed by atoms with Crippen LogP contribution in [0.15, 0.2) is 18.2 Å². The van der Waals surface area contributed by atoms with Gasteiger partial charge in [0.15, 0.2) is 0 Å². The molecular formula is C18H28FN. The van der Waals surface area contributed by atoms with Gasteiger partial charge in [0, 0.05) is 11.6 Å². The van der Waals surface area contributed by atoms with E-state index in [4.69, 9.17) is 0 Å². The van der Waals surface area contributed by atoms with Gasteiger partial charge in [0.2, 0.25) is 0 Å². The monoisotopic (exact) mass is 277 g/mol. The molecule has 0 spiro atoms. The summed E-state index contributed by atoms with van der Waals surface area (Å²) in [6.45, 7) is 6.67. The summed E-state index contributed by atoms with van der Waals surface area (Å²) in [7, 11) is 1.96. The van der Waals surface area contributed by atoms with Gasteiger partial charge >= 0.3 is 0 Å². The SMILES string of the molecule is CNC(c1cc(C)ccc1F)C1CCC(C(C)C)CC1. The molecule has 0 aliphatic heterocycles. The van der Waals surface area contributed by atoms with Gasteiger partial charge in [-0.2, -0.15) is 0 Å². The zero-order valence-corrected chi connectivity index (χ0v) is 13.2. The summed E-state index contributed by atoms with van der Waals surface area (Å²) in [6, 6.07) is 5.61. The highest BCUT2D eigenvalue weighted by molar-refractivity contribution is 5.27. The lowest BCUT2D eigenvalue weighted by atomic mass is 9.73. The second-order valence-electron chi connectivity index (χ2n) is 6.71. The molecule has 1 N–H and O–H groups in total. The molecule has 0 radical (unpaired) electrons. The highest BCUT2D eigenvalue weighted by atomic mass is 19.1. The highest BCUT2D eigenvalue weighted by Crippen LogP contribution is 2.39. The topological polar surface area (TPSA) is 12.0 Å². The standard InChI is InChI=1S/C18H28FN/c1-12(2)14-6-8-15(9-7-14)18(20-4)16-11-13(3)5-10-17(16)19/h5,10-12,14-15,18,20H,6-9H2,1-4H3. The minimum Gasteiger partial charge on any atom is -0.313 e. The number of aryl methyl sites for hydroxylation is 1. The van der Waals surface area contributed by atoms with Crippen molar-refractivity contribution in [2.45, 2.75) is 52.5 Å². The Morgan fingerprint density at radius 2 is 1.70 bits per heavy atom. The van der Waals surface area contributed by atoms with E-state index in [1.807, 2.05) is 26.1 Å². The Morgan fingerprint density at radius 3 is 2.25 bits per heavy atom. The average Bonchev–Trinajstić information content (AvgIpc) is 2.44. The molecule has 0 saturated heterocycles. The normalized spacial score (nSPS) is 24.9. The van der Waals surface area contributed by atoms with Gasteiger partial charge in [0.1, 0.15) is 5.82 Å². The third-order valence-electron chi connectivity index (χ3n) is 5.03. The minimum absolute atomic E-state index is 0.0686. The van der Waals surface area contributed by atoms with Gasteiger partial charge in [-0.05, 0) is 63.5 Å². The molecular weight excluding hydrogens is 249 g/mol. The number of rotatable bonds is 4. The molecule has 0 amide bonds. The van der Waals surface area contributed by atoms with E-state index < -0.39 is 0 Å². The molecule has 1 saturated carbocycles. The molecule has 1 aromatic carbocycles. The first-order valence-corrected chi connectivity index (χ1v) is 7.96. The minimum atomic E-state index is -0.0686. The molecule has 1 aromatic rings. The van der Waals surface area contributed by atoms with Crippen LogP contribution in [0.2, 0.25) is 0 Å². The van der Waals surface area contributed by atoms with Crippen LogP contribution < -0.4 is 5.32 Å². The molecule has 112 valence electrons. The van der Waals surface area contributed by atoms with Crippen molar-refractivity contribution in [3.8, 4) is 0 Å². The van der Waals surface area contributed by atoms with Crippen LogP contribution in [0.25, 0.3) is 0 Å². The van der Waals surface area contributed by atoms with Gasteiger partial charge in [-0.3, -0.25) is 0 Å². The van der Waals surface area contributed by atoms with Gasteiger partial charge in [-0.25, -0.2) is 4.39 Å². The molecule has 1 nitrogen and oxygen atoms in total.